The zero-order valence-corrected chi connectivity index (χ0v) is 13.7. The third-order valence-corrected chi connectivity index (χ3v) is 4.56. The van der Waals surface area contributed by atoms with Crippen molar-refractivity contribution in [2.24, 2.45) is 11.8 Å². The minimum absolute atomic E-state index is 0.0545. The monoisotopic (exact) mass is 310 g/mol. The standard InChI is InChI=1S/C16H26N2O4/c1-4-22-16(21)12-5-7-17(8-6-12)15(20)13-9-14(19)18(10-13)11(2)3/h11-13H,4-10H2,1-3H3/t13-/m0/s1. The number of rotatable bonds is 4. The van der Waals surface area contributed by atoms with Crippen LogP contribution in [0.15, 0.2) is 0 Å². The first-order valence-electron chi connectivity index (χ1n) is 8.18. The average Bonchev–Trinajstić information content (AvgIpc) is 2.89. The van der Waals surface area contributed by atoms with E-state index >= 15 is 0 Å². The van der Waals surface area contributed by atoms with Crippen molar-refractivity contribution < 1.29 is 19.1 Å². The van der Waals surface area contributed by atoms with Gasteiger partial charge in [-0.25, -0.2) is 0 Å². The van der Waals surface area contributed by atoms with E-state index in [1.165, 1.54) is 0 Å². The van der Waals surface area contributed by atoms with Gasteiger partial charge in [-0.05, 0) is 33.6 Å². The summed E-state index contributed by atoms with van der Waals surface area (Å²) in [5, 5.41) is 0. The molecular formula is C16H26N2O4. The molecule has 0 aliphatic carbocycles. The van der Waals surface area contributed by atoms with E-state index in [-0.39, 0.29) is 35.7 Å². The van der Waals surface area contributed by atoms with Gasteiger partial charge in [0.15, 0.2) is 0 Å². The molecule has 0 spiro atoms. The molecule has 22 heavy (non-hydrogen) atoms. The summed E-state index contributed by atoms with van der Waals surface area (Å²) >= 11 is 0. The van der Waals surface area contributed by atoms with Crippen LogP contribution in [-0.4, -0.2) is 59.9 Å². The van der Waals surface area contributed by atoms with Crippen LogP contribution >= 0.6 is 0 Å². The Bertz CT molecular complexity index is 441. The second kappa shape index (κ2) is 7.11. The third kappa shape index (κ3) is 3.59. The SMILES string of the molecule is CCOC(=O)C1CCN(C(=O)[C@H]2CC(=O)N(C(C)C)C2)CC1. The molecule has 0 unspecified atom stereocenters. The lowest BCUT2D eigenvalue weighted by Gasteiger charge is -2.32. The van der Waals surface area contributed by atoms with Crippen molar-refractivity contribution in [1.29, 1.82) is 0 Å². The fourth-order valence-corrected chi connectivity index (χ4v) is 3.25. The molecule has 0 bridgehead atoms. The van der Waals surface area contributed by atoms with Crippen LogP contribution in [-0.2, 0) is 19.1 Å². The molecule has 2 heterocycles. The molecule has 0 aromatic carbocycles. The summed E-state index contributed by atoms with van der Waals surface area (Å²) in [6, 6.07) is 0.139. The topological polar surface area (TPSA) is 66.9 Å². The van der Waals surface area contributed by atoms with Gasteiger partial charge in [0.2, 0.25) is 11.8 Å². The molecular weight excluding hydrogens is 284 g/mol. The molecule has 0 radical (unpaired) electrons. The maximum atomic E-state index is 12.5. The quantitative estimate of drug-likeness (QED) is 0.728. The van der Waals surface area contributed by atoms with Crippen LogP contribution in [0, 0.1) is 11.8 Å². The minimum Gasteiger partial charge on any atom is -0.466 e. The van der Waals surface area contributed by atoms with Crippen molar-refractivity contribution in [3.63, 3.8) is 0 Å². The molecule has 2 aliphatic heterocycles. The fraction of sp³-hybridized carbons (Fsp3) is 0.812. The first-order valence-corrected chi connectivity index (χ1v) is 8.18. The molecule has 0 N–H and O–H groups in total. The van der Waals surface area contributed by atoms with E-state index in [0.717, 1.165) is 0 Å². The van der Waals surface area contributed by atoms with Gasteiger partial charge in [0.05, 0.1) is 18.4 Å². The van der Waals surface area contributed by atoms with Crippen molar-refractivity contribution >= 4 is 17.8 Å². The number of hydrogen-bond donors (Lipinski definition) is 0. The number of piperidine rings is 1. The highest BCUT2D eigenvalue weighted by molar-refractivity contribution is 5.89. The van der Waals surface area contributed by atoms with E-state index in [2.05, 4.69) is 0 Å². The summed E-state index contributed by atoms with van der Waals surface area (Å²) in [5.41, 5.74) is 0. The summed E-state index contributed by atoms with van der Waals surface area (Å²) in [7, 11) is 0. The Labute approximate surface area is 131 Å². The number of carbonyl (C=O) groups excluding carboxylic acids is 3. The van der Waals surface area contributed by atoms with Crippen LogP contribution in [0.1, 0.15) is 40.0 Å². The lowest BCUT2D eigenvalue weighted by atomic mass is 9.95. The van der Waals surface area contributed by atoms with Crippen molar-refractivity contribution in [2.75, 3.05) is 26.2 Å². The van der Waals surface area contributed by atoms with Gasteiger partial charge in [-0.2, -0.15) is 0 Å². The lowest BCUT2D eigenvalue weighted by molar-refractivity contribution is -0.151. The van der Waals surface area contributed by atoms with Gasteiger partial charge in [-0.3, -0.25) is 14.4 Å². The Morgan fingerprint density at radius 1 is 1.23 bits per heavy atom. The van der Waals surface area contributed by atoms with E-state index in [1.807, 2.05) is 13.8 Å². The van der Waals surface area contributed by atoms with Crippen molar-refractivity contribution in [3.8, 4) is 0 Å². The smallest absolute Gasteiger partial charge is 0.309 e. The van der Waals surface area contributed by atoms with Crippen molar-refractivity contribution in [3.05, 3.63) is 0 Å². The summed E-state index contributed by atoms with van der Waals surface area (Å²) in [4.78, 5) is 39.8. The number of ether oxygens (including phenoxy) is 1. The van der Waals surface area contributed by atoms with Crippen LogP contribution in [0.3, 0.4) is 0 Å². The van der Waals surface area contributed by atoms with Crippen LogP contribution in [0.4, 0.5) is 0 Å². The van der Waals surface area contributed by atoms with E-state index in [9.17, 15) is 14.4 Å². The van der Waals surface area contributed by atoms with E-state index < -0.39 is 0 Å². The normalized spacial score (nSPS) is 23.3. The number of likely N-dealkylation sites (tertiary alicyclic amines) is 2. The Hall–Kier alpha value is -1.59. The number of hydrogen-bond acceptors (Lipinski definition) is 4. The highest BCUT2D eigenvalue weighted by atomic mass is 16.5. The zero-order valence-electron chi connectivity index (χ0n) is 13.7. The first-order chi connectivity index (χ1) is 10.4. The second-order valence-electron chi connectivity index (χ2n) is 6.39. The summed E-state index contributed by atoms with van der Waals surface area (Å²) in [6.45, 7) is 7.81. The Morgan fingerprint density at radius 2 is 1.86 bits per heavy atom. The van der Waals surface area contributed by atoms with E-state index in [1.54, 1.807) is 16.7 Å². The number of carbonyl (C=O) groups is 3. The van der Waals surface area contributed by atoms with Crippen LogP contribution in [0.25, 0.3) is 0 Å². The van der Waals surface area contributed by atoms with Crippen molar-refractivity contribution in [2.45, 2.75) is 46.1 Å². The predicted octanol–water partition coefficient (Wildman–Crippen LogP) is 1.04. The highest BCUT2D eigenvalue weighted by Gasteiger charge is 2.38. The second-order valence-corrected chi connectivity index (χ2v) is 6.39. The van der Waals surface area contributed by atoms with E-state index in [0.29, 0.717) is 45.5 Å². The van der Waals surface area contributed by atoms with E-state index in [4.69, 9.17) is 4.74 Å². The fourth-order valence-electron chi connectivity index (χ4n) is 3.25. The molecule has 124 valence electrons. The molecule has 2 aliphatic rings. The molecule has 6 nitrogen and oxygen atoms in total. The molecule has 6 heteroatoms. The van der Waals surface area contributed by atoms with Crippen LogP contribution in [0.2, 0.25) is 0 Å². The molecule has 0 saturated carbocycles. The number of amides is 2. The van der Waals surface area contributed by atoms with Gasteiger partial charge >= 0.3 is 5.97 Å². The first kappa shape index (κ1) is 16.8. The zero-order chi connectivity index (χ0) is 16.3. The van der Waals surface area contributed by atoms with Gasteiger partial charge < -0.3 is 14.5 Å². The number of nitrogens with zero attached hydrogens (tertiary/aromatic N) is 2. The van der Waals surface area contributed by atoms with Crippen LogP contribution < -0.4 is 0 Å². The van der Waals surface area contributed by atoms with Gasteiger partial charge in [0, 0.05) is 32.1 Å². The maximum absolute atomic E-state index is 12.5. The Kier molecular flexibility index (Phi) is 5.42. The number of esters is 1. The molecule has 0 aromatic heterocycles. The minimum atomic E-state index is -0.228. The summed E-state index contributed by atoms with van der Waals surface area (Å²) in [5.74, 6) is -0.361. The molecule has 2 rings (SSSR count). The molecule has 0 aromatic rings. The van der Waals surface area contributed by atoms with Gasteiger partial charge in [-0.15, -0.1) is 0 Å². The lowest BCUT2D eigenvalue weighted by Crippen LogP contribution is -2.44. The predicted molar refractivity (Wildman–Crippen MR) is 80.9 cm³/mol. The average molecular weight is 310 g/mol. The van der Waals surface area contributed by atoms with Crippen molar-refractivity contribution in [1.82, 2.24) is 9.80 Å². The maximum Gasteiger partial charge on any atom is 0.309 e. The third-order valence-electron chi connectivity index (χ3n) is 4.56. The highest BCUT2D eigenvalue weighted by Crippen LogP contribution is 2.25. The molecule has 2 amide bonds. The van der Waals surface area contributed by atoms with Gasteiger partial charge in [0.25, 0.3) is 0 Å². The Balaban J connectivity index is 1.86. The van der Waals surface area contributed by atoms with Gasteiger partial charge in [-0.1, -0.05) is 0 Å². The van der Waals surface area contributed by atoms with Crippen LogP contribution in [0.5, 0.6) is 0 Å². The summed E-state index contributed by atoms with van der Waals surface area (Å²) < 4.78 is 5.04. The molecule has 2 saturated heterocycles. The van der Waals surface area contributed by atoms with Gasteiger partial charge in [0.1, 0.15) is 0 Å². The summed E-state index contributed by atoms with van der Waals surface area (Å²) in [6.07, 6.45) is 1.62. The molecule has 2 fully saturated rings. The Morgan fingerprint density at radius 3 is 2.36 bits per heavy atom. The largest absolute Gasteiger partial charge is 0.466 e. The molecule has 1 atom stereocenters.